The first kappa shape index (κ1) is 18.3. The molecule has 1 N–H and O–H groups in total. The first-order chi connectivity index (χ1) is 14.4. The minimum absolute atomic E-state index is 0.106. The van der Waals surface area contributed by atoms with Gasteiger partial charge in [0.2, 0.25) is 0 Å². The highest BCUT2D eigenvalue weighted by Crippen LogP contribution is 2.35. The SMILES string of the molecule is Cc1cc(C)c2oc(N(F)c3ccc(-c4cccc5c4CNC5=O)cc3F)nc2c1. The number of halogens is 2. The number of aryl methyl sites for hydroxylation is 2. The molecule has 0 spiro atoms. The first-order valence-electron chi connectivity index (χ1n) is 9.46. The van der Waals surface area contributed by atoms with Crippen LogP contribution < -0.4 is 10.4 Å². The molecule has 0 aliphatic carbocycles. The van der Waals surface area contributed by atoms with Gasteiger partial charge in [0.15, 0.2) is 5.58 Å². The van der Waals surface area contributed by atoms with Crippen molar-refractivity contribution < 1.29 is 18.1 Å². The molecule has 0 fully saturated rings. The van der Waals surface area contributed by atoms with Crippen LogP contribution in [-0.2, 0) is 6.54 Å². The van der Waals surface area contributed by atoms with Crippen LogP contribution in [0.5, 0.6) is 0 Å². The maximum Gasteiger partial charge on any atom is 0.332 e. The zero-order valence-corrected chi connectivity index (χ0v) is 16.3. The molecule has 1 aliphatic heterocycles. The predicted molar refractivity (Wildman–Crippen MR) is 110 cm³/mol. The van der Waals surface area contributed by atoms with Crippen LogP contribution in [0.2, 0.25) is 0 Å². The highest BCUT2D eigenvalue weighted by atomic mass is 19.2. The second-order valence-electron chi connectivity index (χ2n) is 7.39. The van der Waals surface area contributed by atoms with Crippen molar-refractivity contribution in [1.29, 1.82) is 0 Å². The lowest BCUT2D eigenvalue weighted by Gasteiger charge is -2.12. The first-order valence-corrected chi connectivity index (χ1v) is 9.46. The number of hydrogen-bond donors (Lipinski definition) is 1. The zero-order chi connectivity index (χ0) is 21.0. The molecule has 1 aromatic heterocycles. The molecule has 4 aromatic rings. The number of fused-ring (bicyclic) bond motifs is 2. The lowest BCUT2D eigenvalue weighted by Crippen LogP contribution is -2.12. The van der Waals surface area contributed by atoms with E-state index < -0.39 is 5.82 Å². The van der Waals surface area contributed by atoms with Crippen molar-refractivity contribution in [3.05, 3.63) is 76.6 Å². The monoisotopic (exact) mass is 405 g/mol. The van der Waals surface area contributed by atoms with E-state index in [-0.39, 0.29) is 22.7 Å². The highest BCUT2D eigenvalue weighted by molar-refractivity contribution is 6.00. The number of rotatable bonds is 3. The molecule has 3 aromatic carbocycles. The van der Waals surface area contributed by atoms with Crippen molar-refractivity contribution in [1.82, 2.24) is 10.3 Å². The van der Waals surface area contributed by atoms with E-state index in [2.05, 4.69) is 10.3 Å². The summed E-state index contributed by atoms with van der Waals surface area (Å²) in [4.78, 5) is 16.0. The normalized spacial score (nSPS) is 12.9. The van der Waals surface area contributed by atoms with Crippen molar-refractivity contribution in [3.8, 4) is 11.1 Å². The maximum atomic E-state index is 15.0. The van der Waals surface area contributed by atoms with Crippen molar-refractivity contribution >= 4 is 28.7 Å². The minimum atomic E-state index is -0.764. The molecule has 0 unspecified atom stereocenters. The molecule has 2 heterocycles. The molecular formula is C23H17F2N3O2. The molecule has 150 valence electrons. The number of anilines is 2. The second-order valence-corrected chi connectivity index (χ2v) is 7.39. The average molecular weight is 405 g/mol. The average Bonchev–Trinajstić information content (AvgIpc) is 3.31. The van der Waals surface area contributed by atoms with Crippen LogP contribution in [0.3, 0.4) is 0 Å². The van der Waals surface area contributed by atoms with Gasteiger partial charge in [0.25, 0.3) is 5.91 Å². The summed E-state index contributed by atoms with van der Waals surface area (Å²) in [5.74, 6) is -0.916. The van der Waals surface area contributed by atoms with E-state index in [0.29, 0.717) is 28.8 Å². The Labute approximate surface area is 170 Å². The minimum Gasteiger partial charge on any atom is -0.421 e. The van der Waals surface area contributed by atoms with Crippen molar-refractivity contribution in [3.63, 3.8) is 0 Å². The predicted octanol–water partition coefficient (Wildman–Crippen LogP) is 5.52. The van der Waals surface area contributed by atoms with Gasteiger partial charge >= 0.3 is 6.01 Å². The smallest absolute Gasteiger partial charge is 0.332 e. The number of carbonyl (C=O) groups is 1. The molecule has 7 heteroatoms. The van der Waals surface area contributed by atoms with Crippen molar-refractivity contribution in [2.75, 3.05) is 5.12 Å². The zero-order valence-electron chi connectivity index (χ0n) is 16.3. The Morgan fingerprint density at radius 3 is 2.70 bits per heavy atom. The number of amides is 1. The molecule has 1 aliphatic rings. The standard InChI is InChI=1S/C23H17F2N3O2/c1-12-8-13(2)21-19(9-12)27-23(30-21)28(25)20-7-6-14(10-18(20)24)15-4-3-5-16-17(15)11-26-22(16)29/h3-10H,11H2,1-2H3,(H,26,29). The molecule has 0 atom stereocenters. The third-order valence-electron chi connectivity index (χ3n) is 5.29. The third-order valence-corrected chi connectivity index (χ3v) is 5.29. The van der Waals surface area contributed by atoms with E-state index in [4.69, 9.17) is 4.42 Å². The third kappa shape index (κ3) is 2.82. The van der Waals surface area contributed by atoms with Gasteiger partial charge in [-0.2, -0.15) is 4.98 Å². The summed E-state index contributed by atoms with van der Waals surface area (Å²) in [7, 11) is 0. The van der Waals surface area contributed by atoms with Crippen LogP contribution in [0.25, 0.3) is 22.2 Å². The Balaban J connectivity index is 1.53. The molecule has 0 radical (unpaired) electrons. The Morgan fingerprint density at radius 2 is 1.90 bits per heavy atom. The molecular weight excluding hydrogens is 388 g/mol. The topological polar surface area (TPSA) is 58.4 Å². The highest BCUT2D eigenvalue weighted by Gasteiger charge is 2.24. The molecule has 0 saturated heterocycles. The lowest BCUT2D eigenvalue weighted by atomic mass is 9.96. The quantitative estimate of drug-likeness (QED) is 0.456. The van der Waals surface area contributed by atoms with Gasteiger partial charge in [-0.3, -0.25) is 4.79 Å². The number of aromatic nitrogens is 1. The summed E-state index contributed by atoms with van der Waals surface area (Å²) < 4.78 is 35.4. The van der Waals surface area contributed by atoms with Crippen molar-refractivity contribution in [2.45, 2.75) is 20.4 Å². The van der Waals surface area contributed by atoms with E-state index in [1.807, 2.05) is 26.0 Å². The summed E-state index contributed by atoms with van der Waals surface area (Å²) in [6.07, 6.45) is 0. The lowest BCUT2D eigenvalue weighted by molar-refractivity contribution is 0.0965. The Kier molecular flexibility index (Phi) is 4.06. The van der Waals surface area contributed by atoms with Crippen molar-refractivity contribution in [2.24, 2.45) is 0 Å². The summed E-state index contributed by atoms with van der Waals surface area (Å²) in [6.45, 7) is 4.14. The number of nitrogens with zero attached hydrogens (tertiary/aromatic N) is 2. The number of carbonyl (C=O) groups excluding carboxylic acids is 1. The fourth-order valence-corrected chi connectivity index (χ4v) is 3.91. The molecule has 30 heavy (non-hydrogen) atoms. The van der Waals surface area contributed by atoms with Gasteiger partial charge in [-0.1, -0.05) is 28.7 Å². The molecule has 1 amide bonds. The summed E-state index contributed by atoms with van der Waals surface area (Å²) in [5.41, 5.74) is 5.14. The van der Waals surface area contributed by atoms with Crippen LogP contribution in [0.1, 0.15) is 27.0 Å². The van der Waals surface area contributed by atoms with Crippen LogP contribution in [0.4, 0.5) is 20.6 Å². The van der Waals surface area contributed by atoms with E-state index in [0.717, 1.165) is 22.3 Å². The van der Waals surface area contributed by atoms with Gasteiger partial charge in [-0.05, 0) is 65.9 Å². The summed E-state index contributed by atoms with van der Waals surface area (Å²) in [5, 5.41) is 2.87. The maximum absolute atomic E-state index is 15.0. The summed E-state index contributed by atoms with van der Waals surface area (Å²) in [6, 6.07) is 12.8. The number of benzene rings is 3. The largest absolute Gasteiger partial charge is 0.421 e. The second kappa shape index (κ2) is 6.66. The number of nitrogens with one attached hydrogen (secondary N) is 1. The van der Waals surface area contributed by atoms with E-state index in [1.165, 1.54) is 12.1 Å². The van der Waals surface area contributed by atoms with Crippen LogP contribution in [0.15, 0.2) is 52.9 Å². The van der Waals surface area contributed by atoms with Gasteiger partial charge in [0.1, 0.15) is 17.0 Å². The van der Waals surface area contributed by atoms with Gasteiger partial charge < -0.3 is 9.73 Å². The number of oxazole rings is 1. The number of hydrogen-bond acceptors (Lipinski definition) is 4. The fraction of sp³-hybridized carbons (Fsp3) is 0.130. The Hall–Kier alpha value is -3.74. The Bertz CT molecular complexity index is 1330. The molecule has 5 nitrogen and oxygen atoms in total. The van der Waals surface area contributed by atoms with Crippen LogP contribution >= 0.6 is 0 Å². The van der Waals surface area contributed by atoms with E-state index in [1.54, 1.807) is 24.3 Å². The van der Waals surface area contributed by atoms with E-state index in [9.17, 15) is 13.7 Å². The molecule has 0 bridgehead atoms. The van der Waals surface area contributed by atoms with E-state index >= 15 is 0 Å². The van der Waals surface area contributed by atoms with Gasteiger partial charge in [-0.25, -0.2) is 4.39 Å². The summed E-state index contributed by atoms with van der Waals surface area (Å²) >= 11 is 0. The van der Waals surface area contributed by atoms with Crippen LogP contribution in [0, 0.1) is 19.7 Å². The molecule has 0 saturated carbocycles. The van der Waals surface area contributed by atoms with Gasteiger partial charge in [-0.15, -0.1) is 5.12 Å². The molecule has 5 rings (SSSR count). The Morgan fingerprint density at radius 1 is 1.10 bits per heavy atom. The van der Waals surface area contributed by atoms with Crippen LogP contribution in [-0.4, -0.2) is 10.9 Å². The fourth-order valence-electron chi connectivity index (χ4n) is 3.91. The van der Waals surface area contributed by atoms with Gasteiger partial charge in [0, 0.05) is 12.1 Å². The van der Waals surface area contributed by atoms with Gasteiger partial charge in [0.05, 0.1) is 0 Å².